The average molecular weight is 378 g/mol. The lowest BCUT2D eigenvalue weighted by Crippen LogP contribution is -2.14. The van der Waals surface area contributed by atoms with E-state index in [-0.39, 0.29) is 23.1 Å². The van der Waals surface area contributed by atoms with Crippen molar-refractivity contribution in [1.82, 2.24) is 9.78 Å². The minimum absolute atomic E-state index is 0.00771. The molecule has 1 heterocycles. The molecule has 134 valence electrons. The summed E-state index contributed by atoms with van der Waals surface area (Å²) in [7, 11) is 0. The molecule has 0 aliphatic heterocycles. The lowest BCUT2D eigenvalue weighted by Gasteiger charge is -2.10. The molecule has 0 aliphatic rings. The molecular formula is C18H14ClF2N3O2. The number of aromatic nitrogens is 2. The number of ether oxygens (including phenoxy) is 1. The Morgan fingerprint density at radius 1 is 1.23 bits per heavy atom. The summed E-state index contributed by atoms with van der Waals surface area (Å²) in [5.74, 6) is -0.399. The minimum Gasteiger partial charge on any atom is -0.433 e. The van der Waals surface area contributed by atoms with Gasteiger partial charge in [-0.25, -0.2) is 4.68 Å². The Hall–Kier alpha value is -2.93. The number of amides is 1. The van der Waals surface area contributed by atoms with Gasteiger partial charge in [0, 0.05) is 18.1 Å². The average Bonchev–Trinajstić information content (AvgIpc) is 3.12. The van der Waals surface area contributed by atoms with Crippen molar-refractivity contribution in [2.75, 3.05) is 5.32 Å². The zero-order chi connectivity index (χ0) is 18.5. The van der Waals surface area contributed by atoms with E-state index in [4.69, 9.17) is 11.6 Å². The van der Waals surface area contributed by atoms with Gasteiger partial charge < -0.3 is 10.1 Å². The summed E-state index contributed by atoms with van der Waals surface area (Å²) in [6.07, 6.45) is 3.67. The highest BCUT2D eigenvalue weighted by molar-refractivity contribution is 6.32. The Morgan fingerprint density at radius 2 is 2.00 bits per heavy atom. The van der Waals surface area contributed by atoms with Gasteiger partial charge in [0.15, 0.2) is 0 Å². The smallest absolute Gasteiger partial charge is 0.387 e. The number of rotatable bonds is 6. The number of benzene rings is 2. The Bertz CT molecular complexity index is 884. The molecule has 26 heavy (non-hydrogen) atoms. The van der Waals surface area contributed by atoms with Crippen LogP contribution >= 0.6 is 11.6 Å². The molecule has 0 atom stereocenters. The maximum atomic E-state index is 12.2. The normalized spacial score (nSPS) is 10.8. The monoisotopic (exact) mass is 377 g/mol. The van der Waals surface area contributed by atoms with Crippen molar-refractivity contribution in [3.8, 4) is 11.4 Å². The first-order chi connectivity index (χ1) is 12.5. The summed E-state index contributed by atoms with van der Waals surface area (Å²) in [6.45, 7) is -2.96. The van der Waals surface area contributed by atoms with E-state index in [1.807, 2.05) is 36.5 Å². The SMILES string of the molecule is O=C(Cc1ccc(-n2cccn2)cc1)Nc1ccc(OC(F)F)c(Cl)c1. The van der Waals surface area contributed by atoms with Crippen LogP contribution in [0.4, 0.5) is 14.5 Å². The number of carbonyl (C=O) groups is 1. The lowest BCUT2D eigenvalue weighted by molar-refractivity contribution is -0.115. The molecule has 0 saturated heterocycles. The van der Waals surface area contributed by atoms with Crippen LogP contribution in [0, 0.1) is 0 Å². The van der Waals surface area contributed by atoms with E-state index >= 15 is 0 Å². The van der Waals surface area contributed by atoms with Gasteiger partial charge in [0.25, 0.3) is 0 Å². The molecule has 3 rings (SSSR count). The number of hydrogen-bond donors (Lipinski definition) is 1. The lowest BCUT2D eigenvalue weighted by atomic mass is 10.1. The number of anilines is 1. The number of nitrogens with one attached hydrogen (secondary N) is 1. The van der Waals surface area contributed by atoms with Crippen molar-refractivity contribution in [2.24, 2.45) is 0 Å². The molecule has 3 aromatic rings. The highest BCUT2D eigenvalue weighted by Gasteiger charge is 2.11. The second kappa shape index (κ2) is 7.97. The van der Waals surface area contributed by atoms with Crippen molar-refractivity contribution in [3.05, 3.63) is 71.5 Å². The first-order valence-corrected chi connectivity index (χ1v) is 8.02. The van der Waals surface area contributed by atoms with E-state index in [0.717, 1.165) is 11.3 Å². The van der Waals surface area contributed by atoms with Crippen molar-refractivity contribution < 1.29 is 18.3 Å². The van der Waals surface area contributed by atoms with Gasteiger partial charge in [-0.15, -0.1) is 0 Å². The van der Waals surface area contributed by atoms with E-state index in [1.54, 1.807) is 10.9 Å². The Labute approximate surface area is 153 Å². The van der Waals surface area contributed by atoms with Crippen LogP contribution in [0.3, 0.4) is 0 Å². The highest BCUT2D eigenvalue weighted by Crippen LogP contribution is 2.29. The molecule has 0 saturated carbocycles. The van der Waals surface area contributed by atoms with Crippen LogP contribution < -0.4 is 10.1 Å². The van der Waals surface area contributed by atoms with Crippen LogP contribution in [0.15, 0.2) is 60.9 Å². The van der Waals surface area contributed by atoms with Gasteiger partial charge in [-0.3, -0.25) is 4.79 Å². The largest absolute Gasteiger partial charge is 0.433 e. The second-order valence-electron chi connectivity index (χ2n) is 5.37. The van der Waals surface area contributed by atoms with Gasteiger partial charge in [0.2, 0.25) is 5.91 Å². The molecule has 0 spiro atoms. The summed E-state index contributed by atoms with van der Waals surface area (Å²) in [4.78, 5) is 12.1. The topological polar surface area (TPSA) is 56.2 Å². The third-order valence-corrected chi connectivity index (χ3v) is 3.80. The van der Waals surface area contributed by atoms with Crippen LogP contribution in [0.5, 0.6) is 5.75 Å². The zero-order valence-electron chi connectivity index (χ0n) is 13.4. The molecular weight excluding hydrogens is 364 g/mol. The van der Waals surface area contributed by atoms with Crippen LogP contribution in [0.1, 0.15) is 5.56 Å². The third-order valence-electron chi connectivity index (χ3n) is 3.50. The maximum absolute atomic E-state index is 12.2. The van der Waals surface area contributed by atoms with Gasteiger partial charge >= 0.3 is 6.61 Å². The highest BCUT2D eigenvalue weighted by atomic mass is 35.5. The molecule has 1 amide bonds. The molecule has 1 N–H and O–H groups in total. The summed E-state index contributed by atoms with van der Waals surface area (Å²) >= 11 is 5.87. The fourth-order valence-corrected chi connectivity index (χ4v) is 2.57. The van der Waals surface area contributed by atoms with Gasteiger partial charge in [0.1, 0.15) is 5.75 Å². The van der Waals surface area contributed by atoms with E-state index in [0.29, 0.717) is 5.69 Å². The van der Waals surface area contributed by atoms with Crippen LogP contribution in [0.25, 0.3) is 5.69 Å². The van der Waals surface area contributed by atoms with Gasteiger partial charge in [-0.1, -0.05) is 23.7 Å². The molecule has 8 heteroatoms. The van der Waals surface area contributed by atoms with Gasteiger partial charge in [-0.2, -0.15) is 13.9 Å². The summed E-state index contributed by atoms with van der Waals surface area (Å²) in [5.41, 5.74) is 2.11. The van der Waals surface area contributed by atoms with Gasteiger partial charge in [0.05, 0.1) is 17.1 Å². The summed E-state index contributed by atoms with van der Waals surface area (Å²) < 4.78 is 30.4. The van der Waals surface area contributed by atoms with Crippen molar-refractivity contribution in [3.63, 3.8) is 0 Å². The number of halogens is 3. The summed E-state index contributed by atoms with van der Waals surface area (Å²) in [5, 5.41) is 6.80. The maximum Gasteiger partial charge on any atom is 0.387 e. The molecule has 0 aliphatic carbocycles. The van der Waals surface area contributed by atoms with E-state index in [9.17, 15) is 13.6 Å². The van der Waals surface area contributed by atoms with Crippen LogP contribution in [0.2, 0.25) is 5.02 Å². The Morgan fingerprint density at radius 3 is 2.62 bits per heavy atom. The molecule has 5 nitrogen and oxygen atoms in total. The third kappa shape index (κ3) is 4.58. The molecule has 2 aromatic carbocycles. The molecule has 0 fully saturated rings. The second-order valence-corrected chi connectivity index (χ2v) is 5.77. The summed E-state index contributed by atoms with van der Waals surface area (Å²) in [6, 6.07) is 13.3. The van der Waals surface area contributed by atoms with E-state index < -0.39 is 6.61 Å². The van der Waals surface area contributed by atoms with Crippen molar-refractivity contribution in [2.45, 2.75) is 13.0 Å². The number of hydrogen-bond acceptors (Lipinski definition) is 3. The quantitative estimate of drug-likeness (QED) is 0.696. The molecule has 1 aromatic heterocycles. The Kier molecular flexibility index (Phi) is 5.48. The first-order valence-electron chi connectivity index (χ1n) is 7.64. The molecule has 0 radical (unpaired) electrons. The molecule has 0 unspecified atom stereocenters. The van der Waals surface area contributed by atoms with Crippen LogP contribution in [-0.4, -0.2) is 22.3 Å². The minimum atomic E-state index is -2.96. The predicted octanol–water partition coefficient (Wildman–Crippen LogP) is 4.31. The van der Waals surface area contributed by atoms with Crippen molar-refractivity contribution >= 4 is 23.2 Å². The van der Waals surface area contributed by atoms with Crippen LogP contribution in [-0.2, 0) is 11.2 Å². The predicted molar refractivity (Wildman–Crippen MR) is 94.0 cm³/mol. The fourth-order valence-electron chi connectivity index (χ4n) is 2.35. The van der Waals surface area contributed by atoms with E-state index in [2.05, 4.69) is 15.2 Å². The number of nitrogens with zero attached hydrogens (tertiary/aromatic N) is 2. The van der Waals surface area contributed by atoms with Crippen molar-refractivity contribution in [1.29, 1.82) is 0 Å². The zero-order valence-corrected chi connectivity index (χ0v) is 14.2. The molecule has 0 bridgehead atoms. The Balaban J connectivity index is 1.61. The fraction of sp³-hybridized carbons (Fsp3) is 0.111. The standard InChI is InChI=1S/C18H14ClF2N3O2/c19-15-11-13(4-7-16(15)26-18(20)21)23-17(25)10-12-2-5-14(6-3-12)24-9-1-8-22-24/h1-9,11,18H,10H2,(H,23,25). The first kappa shape index (κ1) is 17.9. The van der Waals surface area contributed by atoms with E-state index in [1.165, 1.54) is 18.2 Å². The number of carbonyl (C=O) groups excluding carboxylic acids is 1. The van der Waals surface area contributed by atoms with Gasteiger partial charge in [-0.05, 0) is 42.0 Å². The number of alkyl halides is 2.